The number of aliphatic hydroxyl groups excluding tert-OH is 2. The summed E-state index contributed by atoms with van der Waals surface area (Å²) in [4.78, 5) is 49.7. The van der Waals surface area contributed by atoms with Gasteiger partial charge in [-0.05, 0) is 56.5 Å². The number of aliphatic hydroxyl groups is 2. The van der Waals surface area contributed by atoms with Crippen LogP contribution in [0.4, 0.5) is 13.2 Å². The van der Waals surface area contributed by atoms with Crippen LogP contribution in [0.15, 0.2) is 41.4 Å². The number of ketones is 2. The molecule has 14 heteroatoms. The Morgan fingerprint density at radius 3 is 2.42 bits per heavy atom. The summed E-state index contributed by atoms with van der Waals surface area (Å²) >= 11 is 0. The fourth-order valence-corrected chi connectivity index (χ4v) is 6.61. The average molecular weight is 602 g/mol. The number of aromatic nitrogens is 2. The number of carbonyl (C=O) groups is 3. The maximum atomic E-state index is 14.0. The molecule has 0 bridgehead atoms. The number of hydrogen-bond acceptors (Lipinski definition) is 10. The Bertz CT molecular complexity index is 1570. The molecule has 2 aromatic rings. The van der Waals surface area contributed by atoms with Crippen molar-refractivity contribution in [2.24, 2.45) is 23.5 Å². The lowest BCUT2D eigenvalue weighted by Crippen LogP contribution is -2.55. The fraction of sp³-hybridized carbons (Fsp3) is 0.414. The molecule has 1 amide bonds. The topological polar surface area (TPSA) is 179 Å². The third kappa shape index (κ3) is 5.25. The second-order valence-corrected chi connectivity index (χ2v) is 11.2. The molecule has 0 radical (unpaired) electrons. The van der Waals surface area contributed by atoms with E-state index in [2.05, 4.69) is 15.3 Å². The molecule has 3 aliphatic rings. The van der Waals surface area contributed by atoms with Gasteiger partial charge in [-0.3, -0.25) is 19.3 Å². The molecular weight excluding hydrogens is 571 g/mol. The van der Waals surface area contributed by atoms with E-state index >= 15 is 0 Å². The predicted octanol–water partition coefficient (Wildman–Crippen LogP) is 2.35. The van der Waals surface area contributed by atoms with Gasteiger partial charge in [0, 0.05) is 42.2 Å². The predicted molar refractivity (Wildman–Crippen MR) is 146 cm³/mol. The molecule has 0 aliphatic heterocycles. The first kappa shape index (κ1) is 30.2. The van der Waals surface area contributed by atoms with Gasteiger partial charge in [0.2, 0.25) is 0 Å². The first-order chi connectivity index (χ1) is 20.2. The Morgan fingerprint density at radius 1 is 1.14 bits per heavy atom. The Labute approximate surface area is 243 Å². The number of allylic oxidation sites excluding steroid dienone is 1. The van der Waals surface area contributed by atoms with Gasteiger partial charge in [-0.1, -0.05) is 0 Å². The number of Topliss-reactive ketones (excluding diaryl/α,β-unsaturated/α-hetero) is 2. The molecular formula is C29H30F3N5O6. The van der Waals surface area contributed by atoms with Crippen LogP contribution < -0.4 is 11.1 Å². The first-order valence-corrected chi connectivity index (χ1v) is 13.6. The summed E-state index contributed by atoms with van der Waals surface area (Å²) in [6.45, 7) is -0.625. The summed E-state index contributed by atoms with van der Waals surface area (Å²) in [6.07, 6.45) is -2.22. The molecule has 0 saturated heterocycles. The number of fused-ring (bicyclic) bond motifs is 3. The van der Waals surface area contributed by atoms with Crippen molar-refractivity contribution in [1.82, 2.24) is 20.2 Å². The van der Waals surface area contributed by atoms with Gasteiger partial charge in [-0.15, -0.1) is 0 Å². The van der Waals surface area contributed by atoms with Crippen molar-refractivity contribution in [3.8, 4) is 17.1 Å². The van der Waals surface area contributed by atoms with E-state index in [0.717, 1.165) is 0 Å². The number of alkyl halides is 3. The highest BCUT2D eigenvalue weighted by Crippen LogP contribution is 2.52. The van der Waals surface area contributed by atoms with Crippen molar-refractivity contribution >= 4 is 23.2 Å². The van der Waals surface area contributed by atoms with Crippen LogP contribution in [0.5, 0.6) is 5.75 Å². The maximum absolute atomic E-state index is 14.0. The number of carbonyl (C=O) groups excluding carboxylic acids is 3. The Kier molecular flexibility index (Phi) is 7.77. The zero-order valence-electron chi connectivity index (χ0n) is 23.3. The molecule has 228 valence electrons. The van der Waals surface area contributed by atoms with Crippen molar-refractivity contribution in [1.29, 1.82) is 0 Å². The monoisotopic (exact) mass is 601 g/mol. The number of benzene rings is 1. The van der Waals surface area contributed by atoms with E-state index in [-0.39, 0.29) is 41.9 Å². The number of phenols is 1. The van der Waals surface area contributed by atoms with E-state index in [1.54, 1.807) is 25.1 Å². The number of likely N-dealkylation sites (N-methyl/N-ethyl adjacent to an activating group) is 1. The highest BCUT2D eigenvalue weighted by atomic mass is 19.4. The lowest BCUT2D eigenvalue weighted by molar-refractivity contribution is -0.137. The van der Waals surface area contributed by atoms with Gasteiger partial charge in [-0.25, -0.2) is 9.97 Å². The molecule has 1 aromatic carbocycles. The second kappa shape index (κ2) is 11.1. The van der Waals surface area contributed by atoms with Crippen LogP contribution in [-0.2, 0) is 27.3 Å². The zero-order chi connectivity index (χ0) is 31.4. The van der Waals surface area contributed by atoms with Crippen LogP contribution in [0.2, 0.25) is 0 Å². The number of nitrogens with two attached hydrogens (primary N) is 1. The molecule has 1 aromatic heterocycles. The molecule has 0 spiro atoms. The molecule has 6 N–H and O–H groups in total. The standard InChI is InChI=1S/C29H30F3N5O6/c1-37(2)21-16-9-12-8-14-15(28-35-5-3-6-36-28)10-13(11-34-7-4-29(30,31)32)22(38)18(14)23(39)17(12)24(40)19(16)25(41)20(26(21)42)27(33)43/h3,5-6,10,12,16,19,21,34,38-39,42H,4,7-9,11H2,1-2H3,(H2,33,43)/t12?,16-,19?,21+/m1/s1. The molecule has 3 aliphatic carbocycles. The van der Waals surface area contributed by atoms with Crippen molar-refractivity contribution in [2.75, 3.05) is 20.6 Å². The SMILES string of the molecule is CN(C)[C@@H]1C(O)=C(C(N)=O)C(=O)C2C(=O)C3=C(O)c4c(O)c(CNCCC(F)(F)F)cc(-c5ncccn5)c4CC3C[C@H]21. The van der Waals surface area contributed by atoms with Crippen molar-refractivity contribution in [3.63, 3.8) is 0 Å². The van der Waals surface area contributed by atoms with Gasteiger partial charge in [0.1, 0.15) is 22.8 Å². The molecule has 1 saturated carbocycles. The Morgan fingerprint density at radius 2 is 1.81 bits per heavy atom. The molecule has 1 heterocycles. The summed E-state index contributed by atoms with van der Waals surface area (Å²) < 4.78 is 38.0. The van der Waals surface area contributed by atoms with Crippen LogP contribution in [-0.4, -0.2) is 80.5 Å². The number of rotatable bonds is 7. The Balaban J connectivity index is 1.63. The minimum Gasteiger partial charge on any atom is -0.510 e. The van der Waals surface area contributed by atoms with Crippen molar-refractivity contribution in [2.45, 2.75) is 38.0 Å². The highest BCUT2D eigenvalue weighted by Gasteiger charge is 2.56. The largest absolute Gasteiger partial charge is 0.510 e. The quantitative estimate of drug-likeness (QED) is 0.180. The molecule has 4 atom stereocenters. The van der Waals surface area contributed by atoms with Gasteiger partial charge >= 0.3 is 6.18 Å². The molecule has 11 nitrogen and oxygen atoms in total. The van der Waals surface area contributed by atoms with Crippen LogP contribution >= 0.6 is 0 Å². The average Bonchev–Trinajstić information content (AvgIpc) is 2.91. The lowest BCUT2D eigenvalue weighted by Gasteiger charge is -2.46. The number of halogens is 3. The number of primary amides is 1. The lowest BCUT2D eigenvalue weighted by atomic mass is 9.59. The minimum absolute atomic E-state index is 0.100. The normalized spacial score (nSPS) is 23.8. The number of nitrogens with zero attached hydrogens (tertiary/aromatic N) is 3. The number of hydrogen-bond donors (Lipinski definition) is 5. The highest BCUT2D eigenvalue weighted by molar-refractivity contribution is 6.28. The number of phenolic OH excluding ortho intramolecular Hbond substituents is 1. The van der Waals surface area contributed by atoms with E-state index in [0.29, 0.717) is 11.1 Å². The summed E-state index contributed by atoms with van der Waals surface area (Å²) in [7, 11) is 3.26. The van der Waals surface area contributed by atoms with E-state index in [9.17, 15) is 42.9 Å². The van der Waals surface area contributed by atoms with E-state index in [1.807, 2.05) is 0 Å². The Hall–Kier alpha value is -4.30. The summed E-state index contributed by atoms with van der Waals surface area (Å²) in [5.41, 5.74) is 5.49. The number of nitrogens with one attached hydrogen (secondary N) is 1. The van der Waals surface area contributed by atoms with Gasteiger partial charge in [0.15, 0.2) is 17.4 Å². The minimum atomic E-state index is -4.38. The fourth-order valence-electron chi connectivity index (χ4n) is 6.61. The summed E-state index contributed by atoms with van der Waals surface area (Å²) in [5.74, 6) is -6.96. The van der Waals surface area contributed by atoms with E-state index < -0.39 is 83.3 Å². The summed E-state index contributed by atoms with van der Waals surface area (Å²) in [5, 5.41) is 36.4. The van der Waals surface area contributed by atoms with Crippen LogP contribution in [0, 0.1) is 17.8 Å². The van der Waals surface area contributed by atoms with Crippen molar-refractivity contribution in [3.05, 3.63) is 58.1 Å². The van der Waals surface area contributed by atoms with Gasteiger partial charge in [0.25, 0.3) is 5.91 Å². The van der Waals surface area contributed by atoms with Crippen LogP contribution in [0.25, 0.3) is 17.1 Å². The third-order valence-electron chi connectivity index (χ3n) is 8.35. The maximum Gasteiger partial charge on any atom is 0.390 e. The molecule has 2 unspecified atom stereocenters. The smallest absolute Gasteiger partial charge is 0.390 e. The zero-order valence-corrected chi connectivity index (χ0v) is 23.3. The van der Waals surface area contributed by atoms with E-state index in [1.165, 1.54) is 18.5 Å². The van der Waals surface area contributed by atoms with Gasteiger partial charge in [-0.2, -0.15) is 13.2 Å². The van der Waals surface area contributed by atoms with Crippen LogP contribution in [0.3, 0.4) is 0 Å². The van der Waals surface area contributed by atoms with Crippen LogP contribution in [0.1, 0.15) is 29.5 Å². The molecule has 43 heavy (non-hydrogen) atoms. The third-order valence-corrected chi connectivity index (χ3v) is 8.35. The van der Waals surface area contributed by atoms with Crippen molar-refractivity contribution < 1.29 is 42.9 Å². The summed E-state index contributed by atoms with van der Waals surface area (Å²) in [6, 6.07) is 2.25. The number of amides is 1. The molecule has 5 rings (SSSR count). The van der Waals surface area contributed by atoms with Gasteiger partial charge in [0.05, 0.1) is 23.9 Å². The number of aromatic hydroxyl groups is 1. The molecule has 1 fully saturated rings. The first-order valence-electron chi connectivity index (χ1n) is 13.6. The second-order valence-electron chi connectivity index (χ2n) is 11.2. The van der Waals surface area contributed by atoms with Gasteiger partial charge < -0.3 is 26.4 Å². The van der Waals surface area contributed by atoms with E-state index in [4.69, 9.17) is 5.73 Å².